The van der Waals surface area contributed by atoms with Crippen LogP contribution in [0.5, 0.6) is 0 Å². The quantitative estimate of drug-likeness (QED) is 0.644. The molecule has 0 atom stereocenters. The van der Waals surface area contributed by atoms with Crippen molar-refractivity contribution >= 4 is 11.5 Å². The number of anilines is 1. The van der Waals surface area contributed by atoms with Crippen molar-refractivity contribution in [3.05, 3.63) is 53.6 Å². The molecular formula is C17H21NO3. The average molecular weight is 287 g/mol. The number of hydrogen-bond acceptors (Lipinski definition) is 4. The van der Waals surface area contributed by atoms with Crippen LogP contribution in [-0.4, -0.2) is 34.9 Å². The summed E-state index contributed by atoms with van der Waals surface area (Å²) in [5.41, 5.74) is 2.18. The van der Waals surface area contributed by atoms with Crippen molar-refractivity contribution in [3.8, 4) is 0 Å². The van der Waals surface area contributed by atoms with Crippen LogP contribution in [0.15, 0.2) is 48.1 Å². The van der Waals surface area contributed by atoms with E-state index in [-0.39, 0.29) is 12.2 Å². The van der Waals surface area contributed by atoms with Gasteiger partial charge in [-0.3, -0.25) is 4.79 Å². The second-order valence-corrected chi connectivity index (χ2v) is 5.12. The average Bonchev–Trinajstić information content (AvgIpc) is 2.48. The summed E-state index contributed by atoms with van der Waals surface area (Å²) in [6.07, 6.45) is 4.29. The maximum absolute atomic E-state index is 12.3. The second kappa shape index (κ2) is 6.24. The third kappa shape index (κ3) is 3.60. The van der Waals surface area contributed by atoms with E-state index in [4.69, 9.17) is 0 Å². The standard InChI is InChI=1S/C17H21NO3/c1-3-18(4-2)15-7-5-13(6-8-15)16(19)14-9-11-17(20,21)12-10-14/h5-11,20-21H,3-4,12H2,1-2H3. The van der Waals surface area contributed by atoms with Crippen molar-refractivity contribution in [2.24, 2.45) is 0 Å². The Hall–Kier alpha value is -1.91. The molecule has 0 radical (unpaired) electrons. The number of hydrogen-bond donors (Lipinski definition) is 2. The normalized spacial score (nSPS) is 16.5. The lowest BCUT2D eigenvalue weighted by molar-refractivity contribution is -0.115. The molecule has 0 aliphatic heterocycles. The number of nitrogens with zero attached hydrogens (tertiary/aromatic N) is 1. The summed E-state index contributed by atoms with van der Waals surface area (Å²) in [6.45, 7) is 6.03. The summed E-state index contributed by atoms with van der Waals surface area (Å²) < 4.78 is 0. The predicted molar refractivity (Wildman–Crippen MR) is 83.3 cm³/mol. The first-order valence-electron chi connectivity index (χ1n) is 7.20. The molecule has 4 nitrogen and oxygen atoms in total. The molecule has 0 saturated heterocycles. The van der Waals surface area contributed by atoms with Crippen LogP contribution in [0.3, 0.4) is 0 Å². The molecule has 0 unspecified atom stereocenters. The molecule has 1 aromatic carbocycles. The number of ketones is 1. The molecule has 21 heavy (non-hydrogen) atoms. The molecular weight excluding hydrogens is 266 g/mol. The van der Waals surface area contributed by atoms with Crippen LogP contribution in [-0.2, 0) is 0 Å². The van der Waals surface area contributed by atoms with Crippen molar-refractivity contribution in [2.45, 2.75) is 26.1 Å². The fraction of sp³-hybridized carbons (Fsp3) is 0.353. The van der Waals surface area contributed by atoms with Gasteiger partial charge in [0.2, 0.25) is 0 Å². The number of carbonyl (C=O) groups is 1. The van der Waals surface area contributed by atoms with Crippen molar-refractivity contribution < 1.29 is 15.0 Å². The van der Waals surface area contributed by atoms with Crippen LogP contribution in [0, 0.1) is 0 Å². The zero-order valence-corrected chi connectivity index (χ0v) is 12.4. The van der Waals surface area contributed by atoms with Crippen LogP contribution < -0.4 is 4.90 Å². The van der Waals surface area contributed by atoms with Crippen molar-refractivity contribution in [3.63, 3.8) is 0 Å². The van der Waals surface area contributed by atoms with E-state index in [0.29, 0.717) is 11.1 Å². The highest BCUT2D eigenvalue weighted by molar-refractivity contribution is 6.10. The maximum Gasteiger partial charge on any atom is 0.192 e. The number of Topliss-reactive ketones (excluding diaryl/α,β-unsaturated/α-hetero) is 1. The van der Waals surface area contributed by atoms with E-state index in [1.54, 1.807) is 6.08 Å². The lowest BCUT2D eigenvalue weighted by Crippen LogP contribution is -2.26. The monoisotopic (exact) mass is 287 g/mol. The van der Waals surface area contributed by atoms with Gasteiger partial charge in [0.15, 0.2) is 11.6 Å². The van der Waals surface area contributed by atoms with E-state index in [1.165, 1.54) is 12.2 Å². The predicted octanol–water partition coefficient (Wildman–Crippen LogP) is 2.28. The lowest BCUT2D eigenvalue weighted by atomic mass is 9.95. The Morgan fingerprint density at radius 2 is 1.81 bits per heavy atom. The molecule has 0 spiro atoms. The molecule has 1 aliphatic rings. The minimum Gasteiger partial charge on any atom is -0.372 e. The molecule has 0 aromatic heterocycles. The van der Waals surface area contributed by atoms with E-state index in [9.17, 15) is 15.0 Å². The summed E-state index contributed by atoms with van der Waals surface area (Å²) in [6, 6.07) is 7.50. The molecule has 112 valence electrons. The highest BCUT2D eigenvalue weighted by atomic mass is 16.5. The van der Waals surface area contributed by atoms with Gasteiger partial charge >= 0.3 is 0 Å². The Labute approximate surface area is 125 Å². The number of benzene rings is 1. The minimum absolute atomic E-state index is 0.0299. The highest BCUT2D eigenvalue weighted by Crippen LogP contribution is 2.22. The smallest absolute Gasteiger partial charge is 0.192 e. The summed E-state index contributed by atoms with van der Waals surface area (Å²) in [4.78, 5) is 14.5. The van der Waals surface area contributed by atoms with E-state index in [1.807, 2.05) is 24.3 Å². The molecule has 0 fully saturated rings. The van der Waals surface area contributed by atoms with Crippen molar-refractivity contribution in [1.29, 1.82) is 0 Å². The van der Waals surface area contributed by atoms with Gasteiger partial charge in [-0.15, -0.1) is 0 Å². The van der Waals surface area contributed by atoms with Gasteiger partial charge in [-0.1, -0.05) is 12.2 Å². The van der Waals surface area contributed by atoms with E-state index in [2.05, 4.69) is 18.7 Å². The molecule has 4 heteroatoms. The van der Waals surface area contributed by atoms with Gasteiger partial charge in [0.25, 0.3) is 0 Å². The van der Waals surface area contributed by atoms with Crippen molar-refractivity contribution in [1.82, 2.24) is 0 Å². The van der Waals surface area contributed by atoms with Crippen LogP contribution >= 0.6 is 0 Å². The Morgan fingerprint density at radius 3 is 2.29 bits per heavy atom. The Morgan fingerprint density at radius 1 is 1.19 bits per heavy atom. The van der Waals surface area contributed by atoms with Crippen LogP contribution in [0.2, 0.25) is 0 Å². The molecule has 2 rings (SSSR count). The van der Waals surface area contributed by atoms with Gasteiger partial charge in [-0.2, -0.15) is 0 Å². The largest absolute Gasteiger partial charge is 0.372 e. The molecule has 0 heterocycles. The van der Waals surface area contributed by atoms with Gasteiger partial charge < -0.3 is 15.1 Å². The highest BCUT2D eigenvalue weighted by Gasteiger charge is 2.23. The molecule has 2 N–H and O–H groups in total. The molecule has 0 bridgehead atoms. The minimum atomic E-state index is -1.84. The van der Waals surface area contributed by atoms with E-state index >= 15 is 0 Å². The van der Waals surface area contributed by atoms with Gasteiger partial charge in [0.05, 0.1) is 0 Å². The van der Waals surface area contributed by atoms with Gasteiger partial charge in [-0.25, -0.2) is 0 Å². The SMILES string of the molecule is CCN(CC)c1ccc(C(=O)C2=CCC(O)(O)C=C2)cc1. The summed E-state index contributed by atoms with van der Waals surface area (Å²) in [5.74, 6) is -1.94. The molecule has 1 aliphatic carbocycles. The van der Waals surface area contributed by atoms with Gasteiger partial charge in [0.1, 0.15) is 0 Å². The Kier molecular flexibility index (Phi) is 4.60. The second-order valence-electron chi connectivity index (χ2n) is 5.12. The third-order valence-corrected chi connectivity index (χ3v) is 3.67. The summed E-state index contributed by atoms with van der Waals surface area (Å²) in [7, 11) is 0. The number of rotatable bonds is 5. The topological polar surface area (TPSA) is 60.8 Å². The fourth-order valence-corrected chi connectivity index (χ4v) is 2.37. The first-order chi connectivity index (χ1) is 9.96. The Balaban J connectivity index is 2.14. The van der Waals surface area contributed by atoms with Crippen LogP contribution in [0.25, 0.3) is 0 Å². The van der Waals surface area contributed by atoms with Crippen molar-refractivity contribution in [2.75, 3.05) is 18.0 Å². The lowest BCUT2D eigenvalue weighted by Gasteiger charge is -2.21. The Bertz CT molecular complexity index is 566. The van der Waals surface area contributed by atoms with E-state index in [0.717, 1.165) is 18.8 Å². The zero-order chi connectivity index (χ0) is 15.5. The molecule has 0 amide bonds. The first-order valence-corrected chi connectivity index (χ1v) is 7.20. The van der Waals surface area contributed by atoms with E-state index < -0.39 is 5.79 Å². The van der Waals surface area contributed by atoms with Gasteiger partial charge in [0, 0.05) is 36.3 Å². The molecule has 1 aromatic rings. The summed E-state index contributed by atoms with van der Waals surface area (Å²) in [5, 5.41) is 18.8. The number of aliphatic hydroxyl groups is 2. The number of carbonyl (C=O) groups excluding carboxylic acids is 1. The number of allylic oxidation sites excluding steroid dienone is 2. The van der Waals surface area contributed by atoms with Crippen LogP contribution in [0.4, 0.5) is 5.69 Å². The zero-order valence-electron chi connectivity index (χ0n) is 12.4. The first kappa shape index (κ1) is 15.5. The van der Waals surface area contributed by atoms with Crippen LogP contribution in [0.1, 0.15) is 30.6 Å². The molecule has 0 saturated carbocycles. The summed E-state index contributed by atoms with van der Waals surface area (Å²) >= 11 is 0. The maximum atomic E-state index is 12.3. The third-order valence-electron chi connectivity index (χ3n) is 3.67. The van der Waals surface area contributed by atoms with Gasteiger partial charge in [-0.05, 0) is 44.2 Å². The fourth-order valence-electron chi connectivity index (χ4n) is 2.37.